The van der Waals surface area contributed by atoms with Gasteiger partial charge in [-0.1, -0.05) is 86.8 Å². The third-order valence-corrected chi connectivity index (χ3v) is 4.28. The fourth-order valence-electron chi connectivity index (χ4n) is 2.94. The van der Waals surface area contributed by atoms with Crippen molar-refractivity contribution in [3.8, 4) is 0 Å². The highest BCUT2D eigenvalue weighted by Crippen LogP contribution is 2.20. The van der Waals surface area contributed by atoms with Crippen LogP contribution < -0.4 is 0 Å². The highest BCUT2D eigenvalue weighted by Gasteiger charge is 2.15. The molecule has 1 unspecified atom stereocenters. The van der Waals surface area contributed by atoms with Crippen LogP contribution in [0.2, 0.25) is 0 Å². The largest absolute Gasteiger partial charge is 0.461 e. The fourth-order valence-corrected chi connectivity index (χ4v) is 2.94. The van der Waals surface area contributed by atoms with Gasteiger partial charge in [-0.3, -0.25) is 4.79 Å². The average molecular weight is 324 g/mol. The van der Waals surface area contributed by atoms with Gasteiger partial charge in [-0.05, 0) is 29.9 Å². The molecule has 1 atom stereocenters. The highest BCUT2D eigenvalue weighted by molar-refractivity contribution is 5.69. The molecule has 0 bridgehead atoms. The second-order valence-corrected chi connectivity index (χ2v) is 6.40. The van der Waals surface area contributed by atoms with E-state index in [4.69, 9.17) is 4.74 Å². The molecule has 0 saturated carbocycles. The Bertz CT molecular complexity index is 577. The van der Waals surface area contributed by atoms with Gasteiger partial charge in [-0.2, -0.15) is 0 Å². The number of carbonyl (C=O) groups is 1. The van der Waals surface area contributed by atoms with Crippen molar-refractivity contribution in [2.24, 2.45) is 5.92 Å². The second kappa shape index (κ2) is 10.6. The van der Waals surface area contributed by atoms with Crippen LogP contribution in [0.1, 0.15) is 50.2 Å². The molecule has 0 radical (unpaired) electrons. The number of carbonyl (C=O) groups excluding carboxylic acids is 1. The SMILES string of the molecule is CCCCCC(CC(=O)OCc1ccccc1)Cc1ccccc1. The quantitative estimate of drug-likeness (QED) is 0.422. The third kappa shape index (κ3) is 6.99. The Balaban J connectivity index is 1.84. The Kier molecular flexibility index (Phi) is 8.09. The predicted octanol–water partition coefficient (Wildman–Crippen LogP) is 5.56. The van der Waals surface area contributed by atoms with Crippen molar-refractivity contribution in [3.63, 3.8) is 0 Å². The molecular formula is C22H28O2. The molecule has 0 saturated heterocycles. The van der Waals surface area contributed by atoms with Crippen LogP contribution in [0.4, 0.5) is 0 Å². The van der Waals surface area contributed by atoms with Crippen molar-refractivity contribution in [2.75, 3.05) is 0 Å². The molecule has 2 nitrogen and oxygen atoms in total. The summed E-state index contributed by atoms with van der Waals surface area (Å²) in [6.07, 6.45) is 6.15. The van der Waals surface area contributed by atoms with Crippen LogP contribution in [0.25, 0.3) is 0 Å². The predicted molar refractivity (Wildman–Crippen MR) is 98.6 cm³/mol. The Hall–Kier alpha value is -2.09. The molecule has 128 valence electrons. The highest BCUT2D eigenvalue weighted by atomic mass is 16.5. The van der Waals surface area contributed by atoms with Crippen LogP contribution in [0.3, 0.4) is 0 Å². The molecule has 0 aromatic heterocycles. The van der Waals surface area contributed by atoms with Crippen LogP contribution in [0.15, 0.2) is 60.7 Å². The molecule has 2 heteroatoms. The fraction of sp³-hybridized carbons (Fsp3) is 0.409. The lowest BCUT2D eigenvalue weighted by atomic mass is 9.91. The normalized spacial score (nSPS) is 11.9. The third-order valence-electron chi connectivity index (χ3n) is 4.28. The summed E-state index contributed by atoms with van der Waals surface area (Å²) in [5, 5.41) is 0. The molecule has 0 spiro atoms. The number of esters is 1. The lowest BCUT2D eigenvalue weighted by molar-refractivity contribution is -0.146. The summed E-state index contributed by atoms with van der Waals surface area (Å²) >= 11 is 0. The van der Waals surface area contributed by atoms with E-state index in [0.29, 0.717) is 18.9 Å². The van der Waals surface area contributed by atoms with Gasteiger partial charge >= 0.3 is 5.97 Å². The van der Waals surface area contributed by atoms with Gasteiger partial charge in [0.25, 0.3) is 0 Å². The maximum Gasteiger partial charge on any atom is 0.306 e. The van der Waals surface area contributed by atoms with E-state index in [1.54, 1.807) is 0 Å². The van der Waals surface area contributed by atoms with Crippen LogP contribution >= 0.6 is 0 Å². The first-order valence-electron chi connectivity index (χ1n) is 9.01. The summed E-state index contributed by atoms with van der Waals surface area (Å²) in [5.74, 6) is 0.276. The standard InChI is InChI=1S/C22H28O2/c1-2-3-6-15-21(16-19-11-7-4-8-12-19)17-22(23)24-18-20-13-9-5-10-14-20/h4-5,7-14,21H,2-3,6,15-18H2,1H3. The van der Waals surface area contributed by atoms with Crippen molar-refractivity contribution < 1.29 is 9.53 Å². The van der Waals surface area contributed by atoms with Crippen molar-refractivity contribution in [3.05, 3.63) is 71.8 Å². The molecule has 2 rings (SSSR count). The van der Waals surface area contributed by atoms with Crippen molar-refractivity contribution >= 4 is 5.97 Å². The number of hydrogen-bond acceptors (Lipinski definition) is 2. The minimum atomic E-state index is -0.0868. The summed E-state index contributed by atoms with van der Waals surface area (Å²) in [7, 11) is 0. The summed E-state index contributed by atoms with van der Waals surface area (Å²) in [5.41, 5.74) is 2.34. The summed E-state index contributed by atoms with van der Waals surface area (Å²) in [6.45, 7) is 2.58. The number of rotatable bonds is 10. The Morgan fingerprint density at radius 3 is 2.17 bits per heavy atom. The first-order chi connectivity index (χ1) is 11.8. The van der Waals surface area contributed by atoms with Gasteiger partial charge in [0.2, 0.25) is 0 Å². The van der Waals surface area contributed by atoms with Gasteiger partial charge < -0.3 is 4.74 Å². The van der Waals surface area contributed by atoms with Crippen LogP contribution in [0, 0.1) is 5.92 Å². The van der Waals surface area contributed by atoms with E-state index in [1.807, 2.05) is 36.4 Å². The van der Waals surface area contributed by atoms with E-state index in [9.17, 15) is 4.79 Å². The molecular weight excluding hydrogens is 296 g/mol. The van der Waals surface area contributed by atoms with E-state index in [2.05, 4.69) is 31.2 Å². The van der Waals surface area contributed by atoms with Crippen LogP contribution in [0.5, 0.6) is 0 Å². The molecule has 0 aliphatic rings. The molecule has 0 aliphatic heterocycles. The molecule has 0 aliphatic carbocycles. The molecule has 0 amide bonds. The Morgan fingerprint density at radius 1 is 0.917 bits per heavy atom. The maximum absolute atomic E-state index is 12.2. The molecule has 24 heavy (non-hydrogen) atoms. The van der Waals surface area contributed by atoms with Crippen molar-refractivity contribution in [1.82, 2.24) is 0 Å². The van der Waals surface area contributed by atoms with Gasteiger partial charge in [-0.15, -0.1) is 0 Å². The van der Waals surface area contributed by atoms with E-state index in [-0.39, 0.29) is 5.97 Å². The van der Waals surface area contributed by atoms with Gasteiger partial charge in [-0.25, -0.2) is 0 Å². The first-order valence-corrected chi connectivity index (χ1v) is 9.01. The molecule has 0 N–H and O–H groups in total. The van der Waals surface area contributed by atoms with Crippen LogP contribution in [-0.4, -0.2) is 5.97 Å². The van der Waals surface area contributed by atoms with Crippen LogP contribution in [-0.2, 0) is 22.6 Å². The zero-order chi connectivity index (χ0) is 17.0. The smallest absolute Gasteiger partial charge is 0.306 e. The Morgan fingerprint density at radius 2 is 1.54 bits per heavy atom. The maximum atomic E-state index is 12.2. The number of hydrogen-bond donors (Lipinski definition) is 0. The molecule has 0 fully saturated rings. The average Bonchev–Trinajstić information content (AvgIpc) is 2.62. The van der Waals surface area contributed by atoms with E-state index in [1.165, 1.54) is 24.8 Å². The van der Waals surface area contributed by atoms with Gasteiger partial charge in [0, 0.05) is 6.42 Å². The lowest BCUT2D eigenvalue weighted by Gasteiger charge is -2.16. The Labute approximate surface area is 145 Å². The summed E-state index contributed by atoms with van der Waals surface area (Å²) in [4.78, 5) is 12.2. The topological polar surface area (TPSA) is 26.3 Å². The minimum absolute atomic E-state index is 0.0868. The monoisotopic (exact) mass is 324 g/mol. The first kappa shape index (κ1) is 18.3. The number of benzene rings is 2. The lowest BCUT2D eigenvalue weighted by Crippen LogP contribution is -2.14. The van der Waals surface area contributed by atoms with Crippen molar-refractivity contribution in [1.29, 1.82) is 0 Å². The van der Waals surface area contributed by atoms with Gasteiger partial charge in [0.15, 0.2) is 0 Å². The minimum Gasteiger partial charge on any atom is -0.461 e. The summed E-state index contributed by atoms with van der Waals surface area (Å²) in [6, 6.07) is 20.3. The molecule has 0 heterocycles. The zero-order valence-electron chi connectivity index (χ0n) is 14.6. The number of unbranched alkanes of at least 4 members (excludes halogenated alkanes) is 2. The van der Waals surface area contributed by atoms with E-state index < -0.39 is 0 Å². The van der Waals surface area contributed by atoms with Gasteiger partial charge in [0.1, 0.15) is 6.61 Å². The second-order valence-electron chi connectivity index (χ2n) is 6.40. The van der Waals surface area contributed by atoms with Gasteiger partial charge in [0.05, 0.1) is 0 Å². The molecule has 2 aromatic carbocycles. The summed E-state index contributed by atoms with van der Waals surface area (Å²) < 4.78 is 5.46. The number of ether oxygens (including phenoxy) is 1. The van der Waals surface area contributed by atoms with E-state index in [0.717, 1.165) is 18.4 Å². The molecule has 2 aromatic rings. The van der Waals surface area contributed by atoms with Crippen molar-refractivity contribution in [2.45, 2.75) is 52.1 Å². The van der Waals surface area contributed by atoms with E-state index >= 15 is 0 Å². The zero-order valence-corrected chi connectivity index (χ0v) is 14.6.